The summed E-state index contributed by atoms with van der Waals surface area (Å²) in [5.74, 6) is 2.64. The molecule has 0 fully saturated rings. The number of anilines is 1. The van der Waals surface area contributed by atoms with E-state index in [0.717, 1.165) is 11.3 Å². The SMILES string of the molecule is C#Cc1cccc(NC(C)c2ccsc2)c1. The molecule has 2 heteroatoms. The second-order valence-corrected chi connectivity index (χ2v) is 4.43. The molecule has 2 aromatic rings. The van der Waals surface area contributed by atoms with E-state index in [4.69, 9.17) is 6.42 Å². The summed E-state index contributed by atoms with van der Waals surface area (Å²) in [4.78, 5) is 0. The maximum absolute atomic E-state index is 5.37. The van der Waals surface area contributed by atoms with Gasteiger partial charge < -0.3 is 5.32 Å². The molecule has 1 aromatic carbocycles. The number of thiophene rings is 1. The molecule has 1 aromatic heterocycles. The van der Waals surface area contributed by atoms with Gasteiger partial charge >= 0.3 is 0 Å². The van der Waals surface area contributed by atoms with Crippen LogP contribution < -0.4 is 5.32 Å². The number of rotatable bonds is 3. The Morgan fingerprint density at radius 1 is 1.38 bits per heavy atom. The largest absolute Gasteiger partial charge is 0.378 e. The van der Waals surface area contributed by atoms with Gasteiger partial charge in [-0.2, -0.15) is 11.3 Å². The van der Waals surface area contributed by atoms with Gasteiger partial charge in [0.1, 0.15) is 0 Å². The van der Waals surface area contributed by atoms with Crippen LogP contribution in [0.5, 0.6) is 0 Å². The molecule has 0 aliphatic heterocycles. The van der Waals surface area contributed by atoms with Crippen molar-refractivity contribution in [3.63, 3.8) is 0 Å². The lowest BCUT2D eigenvalue weighted by Crippen LogP contribution is -2.05. The van der Waals surface area contributed by atoms with E-state index in [-0.39, 0.29) is 0 Å². The maximum Gasteiger partial charge on any atom is 0.0493 e. The lowest BCUT2D eigenvalue weighted by molar-refractivity contribution is 0.890. The fraction of sp³-hybridized carbons (Fsp3) is 0.143. The first kappa shape index (κ1) is 10.8. The monoisotopic (exact) mass is 227 g/mol. The molecule has 1 unspecified atom stereocenters. The smallest absolute Gasteiger partial charge is 0.0493 e. The minimum Gasteiger partial charge on any atom is -0.378 e. The van der Waals surface area contributed by atoms with Gasteiger partial charge in [-0.15, -0.1) is 6.42 Å². The van der Waals surface area contributed by atoms with Crippen LogP contribution in [-0.2, 0) is 0 Å². The van der Waals surface area contributed by atoms with Gasteiger partial charge in [-0.05, 0) is 47.5 Å². The topological polar surface area (TPSA) is 12.0 Å². The molecule has 1 atom stereocenters. The van der Waals surface area contributed by atoms with E-state index in [2.05, 4.69) is 35.0 Å². The maximum atomic E-state index is 5.37. The van der Waals surface area contributed by atoms with Crippen molar-refractivity contribution in [3.8, 4) is 12.3 Å². The van der Waals surface area contributed by atoms with Crippen LogP contribution in [0.4, 0.5) is 5.69 Å². The molecule has 1 nitrogen and oxygen atoms in total. The van der Waals surface area contributed by atoms with Crippen molar-refractivity contribution in [2.45, 2.75) is 13.0 Å². The van der Waals surface area contributed by atoms with Crippen LogP contribution in [0.1, 0.15) is 24.1 Å². The van der Waals surface area contributed by atoms with Gasteiger partial charge in [0, 0.05) is 17.3 Å². The zero-order valence-electron chi connectivity index (χ0n) is 9.10. The Labute approximate surface area is 100 Å². The lowest BCUT2D eigenvalue weighted by atomic mass is 10.1. The second kappa shape index (κ2) is 4.87. The standard InChI is InChI=1S/C14H13NS/c1-3-12-5-4-6-14(9-12)15-11(2)13-7-8-16-10-13/h1,4-11,15H,2H3. The van der Waals surface area contributed by atoms with Crippen LogP contribution in [0.25, 0.3) is 0 Å². The van der Waals surface area contributed by atoms with Crippen LogP contribution in [0, 0.1) is 12.3 Å². The molecular weight excluding hydrogens is 214 g/mol. The third kappa shape index (κ3) is 2.44. The van der Waals surface area contributed by atoms with Gasteiger partial charge in [0.15, 0.2) is 0 Å². The Bertz CT molecular complexity index is 494. The summed E-state index contributed by atoms with van der Waals surface area (Å²) in [6, 6.07) is 10.4. The zero-order valence-corrected chi connectivity index (χ0v) is 9.92. The van der Waals surface area contributed by atoms with Crippen molar-refractivity contribution >= 4 is 17.0 Å². The van der Waals surface area contributed by atoms with Gasteiger partial charge in [-0.1, -0.05) is 12.0 Å². The van der Waals surface area contributed by atoms with Crippen molar-refractivity contribution in [3.05, 3.63) is 52.2 Å². The van der Waals surface area contributed by atoms with Crippen molar-refractivity contribution in [1.29, 1.82) is 0 Å². The molecule has 0 spiro atoms. The highest BCUT2D eigenvalue weighted by molar-refractivity contribution is 7.07. The second-order valence-electron chi connectivity index (χ2n) is 3.65. The minimum atomic E-state index is 0.305. The van der Waals surface area contributed by atoms with E-state index >= 15 is 0 Å². The van der Waals surface area contributed by atoms with Gasteiger partial charge in [0.05, 0.1) is 0 Å². The van der Waals surface area contributed by atoms with E-state index in [1.54, 1.807) is 11.3 Å². The number of nitrogens with one attached hydrogen (secondary N) is 1. The first-order valence-electron chi connectivity index (χ1n) is 5.15. The van der Waals surface area contributed by atoms with E-state index in [9.17, 15) is 0 Å². The van der Waals surface area contributed by atoms with E-state index in [1.807, 2.05) is 24.3 Å². The summed E-state index contributed by atoms with van der Waals surface area (Å²) in [7, 11) is 0. The average Bonchev–Trinajstić information content (AvgIpc) is 2.83. The van der Waals surface area contributed by atoms with Crippen LogP contribution in [0.2, 0.25) is 0 Å². The summed E-state index contributed by atoms with van der Waals surface area (Å²) in [6.07, 6.45) is 5.37. The molecule has 0 amide bonds. The molecule has 0 radical (unpaired) electrons. The molecule has 0 aliphatic rings. The fourth-order valence-electron chi connectivity index (χ4n) is 1.55. The van der Waals surface area contributed by atoms with Crippen molar-refractivity contribution in [1.82, 2.24) is 0 Å². The molecule has 0 saturated heterocycles. The molecule has 0 aliphatic carbocycles. The highest BCUT2D eigenvalue weighted by Gasteiger charge is 2.05. The van der Waals surface area contributed by atoms with Crippen LogP contribution in [0.15, 0.2) is 41.1 Å². The predicted molar refractivity (Wildman–Crippen MR) is 70.7 cm³/mol. The molecule has 16 heavy (non-hydrogen) atoms. The molecule has 80 valence electrons. The highest BCUT2D eigenvalue weighted by atomic mass is 32.1. The van der Waals surface area contributed by atoms with Crippen molar-refractivity contribution < 1.29 is 0 Å². The third-order valence-electron chi connectivity index (χ3n) is 2.46. The van der Waals surface area contributed by atoms with Gasteiger partial charge in [0.25, 0.3) is 0 Å². The summed E-state index contributed by atoms with van der Waals surface area (Å²) in [5, 5.41) is 7.67. The molecule has 1 heterocycles. The molecule has 1 N–H and O–H groups in total. The van der Waals surface area contributed by atoms with Crippen LogP contribution >= 0.6 is 11.3 Å². The Balaban J connectivity index is 2.12. The average molecular weight is 227 g/mol. The molecule has 0 bridgehead atoms. The zero-order chi connectivity index (χ0) is 11.4. The van der Waals surface area contributed by atoms with Crippen molar-refractivity contribution in [2.75, 3.05) is 5.32 Å². The van der Waals surface area contributed by atoms with E-state index in [0.29, 0.717) is 6.04 Å². The highest BCUT2D eigenvalue weighted by Crippen LogP contribution is 2.21. The molecular formula is C14H13NS. The van der Waals surface area contributed by atoms with Gasteiger partial charge in [0.2, 0.25) is 0 Å². The quantitative estimate of drug-likeness (QED) is 0.784. The Morgan fingerprint density at radius 3 is 2.94 bits per heavy atom. The fourth-order valence-corrected chi connectivity index (χ4v) is 2.31. The van der Waals surface area contributed by atoms with Gasteiger partial charge in [-0.3, -0.25) is 0 Å². The third-order valence-corrected chi connectivity index (χ3v) is 3.16. The Morgan fingerprint density at radius 2 is 2.25 bits per heavy atom. The summed E-state index contributed by atoms with van der Waals surface area (Å²) >= 11 is 1.71. The van der Waals surface area contributed by atoms with Crippen LogP contribution in [-0.4, -0.2) is 0 Å². The Hall–Kier alpha value is -1.72. The van der Waals surface area contributed by atoms with Crippen molar-refractivity contribution in [2.24, 2.45) is 0 Å². The molecule has 2 rings (SSSR count). The minimum absolute atomic E-state index is 0.305. The summed E-state index contributed by atoms with van der Waals surface area (Å²) in [5.41, 5.74) is 3.27. The lowest BCUT2D eigenvalue weighted by Gasteiger charge is -2.14. The van der Waals surface area contributed by atoms with E-state index < -0.39 is 0 Å². The van der Waals surface area contributed by atoms with Crippen LogP contribution in [0.3, 0.4) is 0 Å². The predicted octanol–water partition coefficient (Wildman–Crippen LogP) is 3.90. The summed E-state index contributed by atoms with van der Waals surface area (Å²) in [6.45, 7) is 2.14. The number of hydrogen-bond donors (Lipinski definition) is 1. The summed E-state index contributed by atoms with van der Waals surface area (Å²) < 4.78 is 0. The molecule has 0 saturated carbocycles. The van der Waals surface area contributed by atoms with Gasteiger partial charge in [-0.25, -0.2) is 0 Å². The number of terminal acetylenes is 1. The van der Waals surface area contributed by atoms with E-state index in [1.165, 1.54) is 5.56 Å². The Kier molecular flexibility index (Phi) is 3.28. The number of benzene rings is 1. The first-order chi connectivity index (χ1) is 7.79. The normalized spacial score (nSPS) is 11.8. The first-order valence-corrected chi connectivity index (χ1v) is 6.09. The number of hydrogen-bond acceptors (Lipinski definition) is 2.